The zero-order valence-corrected chi connectivity index (χ0v) is 13.0. The van der Waals surface area contributed by atoms with E-state index >= 15 is 0 Å². The first-order chi connectivity index (χ1) is 10.6. The summed E-state index contributed by atoms with van der Waals surface area (Å²) < 4.78 is 1.69. The molecule has 0 unspecified atom stereocenters. The van der Waals surface area contributed by atoms with E-state index < -0.39 is 0 Å². The normalized spacial score (nSPS) is 10.9. The number of anilines is 1. The number of carbonyl (C=O) groups excluding carboxylic acids is 1. The van der Waals surface area contributed by atoms with Crippen LogP contribution in [0.4, 0.5) is 5.69 Å². The summed E-state index contributed by atoms with van der Waals surface area (Å²) in [7, 11) is 0. The summed E-state index contributed by atoms with van der Waals surface area (Å²) in [6.07, 6.45) is 3.27. The number of amides is 1. The first-order valence-electron chi connectivity index (χ1n) is 7.49. The molecule has 1 heterocycles. The second kappa shape index (κ2) is 7.70. The molecule has 1 aromatic carbocycles. The lowest BCUT2D eigenvalue weighted by Crippen LogP contribution is -2.12. The summed E-state index contributed by atoms with van der Waals surface area (Å²) in [5.41, 5.74) is 2.03. The minimum absolute atomic E-state index is 0.116. The van der Waals surface area contributed by atoms with E-state index in [-0.39, 0.29) is 12.5 Å². The third kappa shape index (κ3) is 4.66. The van der Waals surface area contributed by atoms with Crippen molar-refractivity contribution in [1.82, 2.24) is 15.0 Å². The molecule has 0 saturated heterocycles. The second-order valence-electron chi connectivity index (χ2n) is 5.67. The third-order valence-corrected chi connectivity index (χ3v) is 3.32. The van der Waals surface area contributed by atoms with Crippen LogP contribution in [-0.2, 0) is 13.0 Å². The number of aliphatic hydroxyl groups excluding tert-OH is 1. The molecule has 0 fully saturated rings. The lowest BCUT2D eigenvalue weighted by molar-refractivity contribution is 0.102. The second-order valence-corrected chi connectivity index (χ2v) is 5.67. The smallest absolute Gasteiger partial charge is 0.277 e. The fourth-order valence-electron chi connectivity index (χ4n) is 1.98. The van der Waals surface area contributed by atoms with Crippen molar-refractivity contribution in [3.63, 3.8) is 0 Å². The molecular formula is C16H22N4O2. The fraction of sp³-hybridized carbons (Fsp3) is 0.438. The van der Waals surface area contributed by atoms with Crippen molar-refractivity contribution in [2.45, 2.75) is 33.2 Å². The molecule has 118 valence electrons. The van der Waals surface area contributed by atoms with Crippen molar-refractivity contribution in [2.75, 3.05) is 11.9 Å². The van der Waals surface area contributed by atoms with Gasteiger partial charge in [-0.15, -0.1) is 5.10 Å². The molecule has 0 bridgehead atoms. The summed E-state index contributed by atoms with van der Waals surface area (Å²) >= 11 is 0. The van der Waals surface area contributed by atoms with Crippen LogP contribution in [0.3, 0.4) is 0 Å². The molecule has 0 radical (unpaired) electrons. The fourth-order valence-corrected chi connectivity index (χ4v) is 1.98. The molecule has 0 saturated carbocycles. The Kier molecular flexibility index (Phi) is 5.66. The number of nitrogens with zero attached hydrogens (tertiary/aromatic N) is 3. The molecule has 0 aliphatic carbocycles. The van der Waals surface area contributed by atoms with Gasteiger partial charge in [-0.2, -0.15) is 0 Å². The van der Waals surface area contributed by atoms with Gasteiger partial charge in [0.15, 0.2) is 5.69 Å². The monoisotopic (exact) mass is 302 g/mol. The van der Waals surface area contributed by atoms with Gasteiger partial charge in [0, 0.05) is 18.8 Å². The number of nitrogens with one attached hydrogen (secondary N) is 1. The van der Waals surface area contributed by atoms with Crippen LogP contribution in [0, 0.1) is 5.92 Å². The number of aryl methyl sites for hydroxylation is 1. The summed E-state index contributed by atoms with van der Waals surface area (Å²) in [6.45, 7) is 5.16. The molecule has 2 N–H and O–H groups in total. The van der Waals surface area contributed by atoms with Crippen molar-refractivity contribution in [2.24, 2.45) is 5.92 Å². The summed E-state index contributed by atoms with van der Waals surface area (Å²) in [6, 6.07) is 7.38. The molecule has 2 rings (SSSR count). The molecule has 2 aromatic rings. The standard InChI is InChI=1S/C16H22N4O2/c1-12(2)7-9-20-11-15(18-19-20)16(22)17-14-5-3-13(4-6-14)8-10-21/h3-6,11-12,21H,7-10H2,1-2H3,(H,17,22). The van der Waals surface area contributed by atoms with E-state index in [1.807, 2.05) is 24.3 Å². The minimum atomic E-state index is -0.272. The van der Waals surface area contributed by atoms with Crippen LogP contribution >= 0.6 is 0 Å². The zero-order valence-electron chi connectivity index (χ0n) is 13.0. The highest BCUT2D eigenvalue weighted by Gasteiger charge is 2.11. The quantitative estimate of drug-likeness (QED) is 0.821. The minimum Gasteiger partial charge on any atom is -0.396 e. The topological polar surface area (TPSA) is 80.0 Å². The Balaban J connectivity index is 1.94. The molecule has 22 heavy (non-hydrogen) atoms. The van der Waals surface area contributed by atoms with Crippen LogP contribution in [0.2, 0.25) is 0 Å². The van der Waals surface area contributed by atoms with Crippen molar-refractivity contribution < 1.29 is 9.90 Å². The van der Waals surface area contributed by atoms with Crippen LogP contribution in [0.1, 0.15) is 36.3 Å². The average Bonchev–Trinajstić information content (AvgIpc) is 2.96. The maximum absolute atomic E-state index is 12.1. The van der Waals surface area contributed by atoms with Crippen LogP contribution in [0.25, 0.3) is 0 Å². The Bertz CT molecular complexity index is 605. The Hall–Kier alpha value is -2.21. The highest BCUT2D eigenvalue weighted by Crippen LogP contribution is 2.11. The van der Waals surface area contributed by atoms with Gasteiger partial charge in [-0.1, -0.05) is 31.2 Å². The van der Waals surface area contributed by atoms with Crippen LogP contribution in [0.15, 0.2) is 30.5 Å². The predicted octanol–water partition coefficient (Wildman–Crippen LogP) is 2.11. The molecule has 0 aliphatic heterocycles. The lowest BCUT2D eigenvalue weighted by atomic mass is 10.1. The molecule has 6 heteroatoms. The van der Waals surface area contributed by atoms with Gasteiger partial charge in [0.25, 0.3) is 5.91 Å². The number of aromatic nitrogens is 3. The number of hydrogen-bond acceptors (Lipinski definition) is 4. The Morgan fingerprint density at radius 1 is 1.32 bits per heavy atom. The van der Waals surface area contributed by atoms with E-state index in [4.69, 9.17) is 5.11 Å². The molecule has 1 aromatic heterocycles. The van der Waals surface area contributed by atoms with E-state index in [2.05, 4.69) is 29.5 Å². The molecule has 6 nitrogen and oxygen atoms in total. The van der Waals surface area contributed by atoms with Gasteiger partial charge < -0.3 is 10.4 Å². The third-order valence-electron chi connectivity index (χ3n) is 3.32. The average molecular weight is 302 g/mol. The van der Waals surface area contributed by atoms with Crippen LogP contribution in [-0.4, -0.2) is 32.6 Å². The first-order valence-corrected chi connectivity index (χ1v) is 7.49. The van der Waals surface area contributed by atoms with Crippen molar-refractivity contribution >= 4 is 11.6 Å². The van der Waals surface area contributed by atoms with Crippen molar-refractivity contribution in [3.05, 3.63) is 41.7 Å². The van der Waals surface area contributed by atoms with Crippen molar-refractivity contribution in [3.8, 4) is 0 Å². The van der Waals surface area contributed by atoms with Crippen LogP contribution in [0.5, 0.6) is 0 Å². The molecule has 0 spiro atoms. The Morgan fingerprint density at radius 3 is 2.68 bits per heavy atom. The van der Waals surface area contributed by atoms with E-state index in [0.717, 1.165) is 18.5 Å². The van der Waals surface area contributed by atoms with Gasteiger partial charge in [0.05, 0.1) is 6.20 Å². The van der Waals surface area contributed by atoms with E-state index in [0.29, 0.717) is 23.7 Å². The number of benzene rings is 1. The SMILES string of the molecule is CC(C)CCn1cc(C(=O)Nc2ccc(CCO)cc2)nn1. The highest BCUT2D eigenvalue weighted by molar-refractivity contribution is 6.02. The molecular weight excluding hydrogens is 280 g/mol. The zero-order chi connectivity index (χ0) is 15.9. The van der Waals surface area contributed by atoms with Gasteiger partial charge in [-0.05, 0) is 36.5 Å². The van der Waals surface area contributed by atoms with E-state index in [9.17, 15) is 4.79 Å². The first kappa shape index (κ1) is 16.2. The molecule has 0 atom stereocenters. The number of hydrogen-bond donors (Lipinski definition) is 2. The van der Waals surface area contributed by atoms with Crippen molar-refractivity contribution in [1.29, 1.82) is 0 Å². The lowest BCUT2D eigenvalue weighted by Gasteiger charge is -2.04. The van der Waals surface area contributed by atoms with Gasteiger partial charge in [0.1, 0.15) is 0 Å². The van der Waals surface area contributed by atoms with E-state index in [1.165, 1.54) is 0 Å². The Morgan fingerprint density at radius 2 is 2.05 bits per heavy atom. The number of carbonyl (C=O) groups is 1. The van der Waals surface area contributed by atoms with Gasteiger partial charge in [-0.3, -0.25) is 9.48 Å². The summed E-state index contributed by atoms with van der Waals surface area (Å²) in [5, 5.41) is 19.5. The predicted molar refractivity (Wildman–Crippen MR) is 84.7 cm³/mol. The maximum Gasteiger partial charge on any atom is 0.277 e. The summed E-state index contributed by atoms with van der Waals surface area (Å²) in [4.78, 5) is 12.1. The number of aliphatic hydroxyl groups is 1. The molecule has 0 aliphatic rings. The maximum atomic E-state index is 12.1. The van der Waals surface area contributed by atoms with Gasteiger partial charge in [-0.25, -0.2) is 0 Å². The van der Waals surface area contributed by atoms with E-state index in [1.54, 1.807) is 10.9 Å². The van der Waals surface area contributed by atoms with Gasteiger partial charge >= 0.3 is 0 Å². The highest BCUT2D eigenvalue weighted by atomic mass is 16.3. The Labute approximate surface area is 130 Å². The van der Waals surface area contributed by atoms with Gasteiger partial charge in [0.2, 0.25) is 0 Å². The summed E-state index contributed by atoms with van der Waals surface area (Å²) in [5.74, 6) is 0.310. The number of rotatable bonds is 7. The molecule has 1 amide bonds. The van der Waals surface area contributed by atoms with Crippen LogP contribution < -0.4 is 5.32 Å². The largest absolute Gasteiger partial charge is 0.396 e.